The zero-order valence-electron chi connectivity index (χ0n) is 12.3. The maximum Gasteiger partial charge on any atom is 0.338 e. The third-order valence-corrected chi connectivity index (χ3v) is 3.38. The molecule has 0 aromatic heterocycles. The molecule has 0 spiro atoms. The van der Waals surface area contributed by atoms with E-state index in [1.54, 1.807) is 13.8 Å². The van der Waals surface area contributed by atoms with E-state index in [1.807, 2.05) is 6.92 Å². The molecule has 2 amide bonds. The maximum atomic E-state index is 12.1. The fourth-order valence-corrected chi connectivity index (χ4v) is 2.49. The molecule has 1 heterocycles. The first-order chi connectivity index (χ1) is 8.94. The van der Waals surface area contributed by atoms with Crippen molar-refractivity contribution < 1.29 is 14.3 Å². The predicted molar refractivity (Wildman–Crippen MR) is 73.5 cm³/mol. The quantitative estimate of drug-likeness (QED) is 0.574. The van der Waals surface area contributed by atoms with E-state index in [4.69, 9.17) is 4.74 Å². The van der Waals surface area contributed by atoms with Gasteiger partial charge in [-0.15, -0.1) is 0 Å². The summed E-state index contributed by atoms with van der Waals surface area (Å²) in [6, 6.07) is -0.260. The predicted octanol–water partition coefficient (Wildman–Crippen LogP) is 2.48. The van der Waals surface area contributed by atoms with Crippen LogP contribution in [0.3, 0.4) is 0 Å². The van der Waals surface area contributed by atoms with Crippen LogP contribution >= 0.6 is 0 Å². The van der Waals surface area contributed by atoms with Gasteiger partial charge in [-0.1, -0.05) is 26.2 Å². The Morgan fingerprint density at radius 2 is 2.00 bits per heavy atom. The maximum absolute atomic E-state index is 12.1. The highest BCUT2D eigenvalue weighted by Gasteiger charge is 2.40. The molecule has 108 valence electrons. The van der Waals surface area contributed by atoms with Gasteiger partial charge in [0.15, 0.2) is 0 Å². The Bertz CT molecular complexity index is 390. The number of allylic oxidation sites excluding steroid dienone is 1. The van der Waals surface area contributed by atoms with Crippen molar-refractivity contribution in [2.75, 3.05) is 6.61 Å². The van der Waals surface area contributed by atoms with E-state index in [2.05, 4.69) is 17.6 Å². The highest BCUT2D eigenvalue weighted by molar-refractivity contribution is 5.96. The Labute approximate surface area is 114 Å². The summed E-state index contributed by atoms with van der Waals surface area (Å²) >= 11 is 0. The summed E-state index contributed by atoms with van der Waals surface area (Å²) in [4.78, 5) is 23.7. The molecular formula is C14H24N2O3. The van der Waals surface area contributed by atoms with Crippen molar-refractivity contribution in [1.29, 1.82) is 0 Å². The third-order valence-electron chi connectivity index (χ3n) is 3.38. The van der Waals surface area contributed by atoms with Crippen LogP contribution in [-0.2, 0) is 9.53 Å². The first kappa shape index (κ1) is 15.5. The van der Waals surface area contributed by atoms with Gasteiger partial charge in [0.1, 0.15) is 0 Å². The number of carbonyl (C=O) groups is 2. The Morgan fingerprint density at radius 1 is 1.32 bits per heavy atom. The van der Waals surface area contributed by atoms with Crippen LogP contribution in [0.4, 0.5) is 4.79 Å². The molecule has 1 aliphatic rings. The smallest absolute Gasteiger partial charge is 0.338 e. The topological polar surface area (TPSA) is 67.4 Å². The van der Waals surface area contributed by atoms with Gasteiger partial charge < -0.3 is 15.4 Å². The molecule has 0 aliphatic carbocycles. The molecule has 0 bridgehead atoms. The summed E-state index contributed by atoms with van der Waals surface area (Å²) in [5, 5.41) is 5.51. The fraction of sp³-hybridized carbons (Fsp3) is 0.714. The first-order valence-electron chi connectivity index (χ1n) is 6.92. The van der Waals surface area contributed by atoms with Crippen LogP contribution < -0.4 is 10.6 Å². The van der Waals surface area contributed by atoms with Crippen LogP contribution in [-0.4, -0.2) is 24.1 Å². The van der Waals surface area contributed by atoms with Gasteiger partial charge in [-0.2, -0.15) is 0 Å². The van der Waals surface area contributed by atoms with Crippen LogP contribution in [0.5, 0.6) is 0 Å². The van der Waals surface area contributed by atoms with E-state index in [0.29, 0.717) is 17.9 Å². The number of ether oxygens (including phenoxy) is 1. The molecule has 2 N–H and O–H groups in total. The highest BCUT2D eigenvalue weighted by atomic mass is 16.5. The van der Waals surface area contributed by atoms with Gasteiger partial charge in [-0.25, -0.2) is 9.59 Å². The molecule has 1 atom stereocenters. The van der Waals surface area contributed by atoms with Crippen molar-refractivity contribution in [2.24, 2.45) is 0 Å². The van der Waals surface area contributed by atoms with Crippen molar-refractivity contribution >= 4 is 12.0 Å². The SMILES string of the molecule is CCCCCC1(C)NC(=O)NC(C)=C1C(=O)OCC. The minimum absolute atomic E-state index is 0.260. The number of urea groups is 1. The minimum Gasteiger partial charge on any atom is -0.463 e. The molecule has 0 saturated heterocycles. The van der Waals surface area contributed by atoms with Gasteiger partial charge in [-0.3, -0.25) is 0 Å². The standard InChI is InChI=1S/C14H24N2O3/c1-5-7-8-9-14(4)11(12(17)19-6-2)10(3)15-13(18)16-14/h5-9H2,1-4H3,(H2,15,16,18). The number of amides is 2. The van der Waals surface area contributed by atoms with E-state index in [0.717, 1.165) is 25.7 Å². The van der Waals surface area contributed by atoms with Crippen molar-refractivity contribution in [2.45, 2.75) is 58.9 Å². The Hall–Kier alpha value is -1.52. The number of carbonyl (C=O) groups excluding carboxylic acids is 2. The molecule has 0 radical (unpaired) electrons. The molecule has 5 heteroatoms. The Morgan fingerprint density at radius 3 is 2.58 bits per heavy atom. The average Bonchev–Trinajstić information content (AvgIpc) is 2.27. The molecular weight excluding hydrogens is 244 g/mol. The Kier molecular flexibility index (Phi) is 5.39. The largest absolute Gasteiger partial charge is 0.463 e. The molecule has 0 fully saturated rings. The number of hydrogen-bond donors (Lipinski definition) is 2. The fourth-order valence-electron chi connectivity index (χ4n) is 2.49. The zero-order valence-corrected chi connectivity index (χ0v) is 12.3. The summed E-state index contributed by atoms with van der Waals surface area (Å²) < 4.78 is 5.10. The van der Waals surface area contributed by atoms with Crippen LogP contribution in [0.15, 0.2) is 11.3 Å². The number of unbranched alkanes of at least 4 members (excludes halogenated alkanes) is 2. The molecule has 1 rings (SSSR count). The van der Waals surface area contributed by atoms with Crippen LogP contribution in [0.25, 0.3) is 0 Å². The number of rotatable bonds is 6. The van der Waals surface area contributed by atoms with Crippen molar-refractivity contribution in [1.82, 2.24) is 10.6 Å². The number of hydrogen-bond acceptors (Lipinski definition) is 3. The van der Waals surface area contributed by atoms with Gasteiger partial charge in [0, 0.05) is 5.70 Å². The monoisotopic (exact) mass is 268 g/mol. The summed E-state index contributed by atoms with van der Waals surface area (Å²) in [7, 11) is 0. The van der Waals surface area contributed by atoms with Crippen molar-refractivity contribution in [3.63, 3.8) is 0 Å². The molecule has 0 aromatic rings. The molecule has 0 aromatic carbocycles. The summed E-state index contributed by atoms with van der Waals surface area (Å²) in [5.74, 6) is -0.355. The lowest BCUT2D eigenvalue weighted by atomic mass is 9.83. The number of esters is 1. The minimum atomic E-state index is -0.645. The van der Waals surface area contributed by atoms with Crippen LogP contribution in [0.1, 0.15) is 53.4 Å². The van der Waals surface area contributed by atoms with Gasteiger partial charge >= 0.3 is 12.0 Å². The zero-order chi connectivity index (χ0) is 14.5. The molecule has 5 nitrogen and oxygen atoms in total. The highest BCUT2D eigenvalue weighted by Crippen LogP contribution is 2.29. The lowest BCUT2D eigenvalue weighted by Gasteiger charge is -2.37. The Balaban J connectivity index is 2.98. The summed E-state index contributed by atoms with van der Waals surface area (Å²) in [6.45, 7) is 7.85. The van der Waals surface area contributed by atoms with E-state index >= 15 is 0 Å². The lowest BCUT2D eigenvalue weighted by molar-refractivity contribution is -0.139. The third kappa shape index (κ3) is 3.72. The molecule has 1 unspecified atom stereocenters. The number of nitrogens with one attached hydrogen (secondary N) is 2. The van der Waals surface area contributed by atoms with E-state index in [-0.39, 0.29) is 12.0 Å². The second-order valence-electron chi connectivity index (χ2n) is 5.09. The van der Waals surface area contributed by atoms with Crippen LogP contribution in [0.2, 0.25) is 0 Å². The van der Waals surface area contributed by atoms with Gasteiger partial charge in [0.25, 0.3) is 0 Å². The van der Waals surface area contributed by atoms with Gasteiger partial charge in [0.05, 0.1) is 17.7 Å². The first-order valence-corrected chi connectivity index (χ1v) is 6.92. The molecule has 1 aliphatic heterocycles. The van der Waals surface area contributed by atoms with Crippen LogP contribution in [0, 0.1) is 0 Å². The van der Waals surface area contributed by atoms with E-state index < -0.39 is 5.54 Å². The van der Waals surface area contributed by atoms with E-state index in [9.17, 15) is 9.59 Å². The molecule has 19 heavy (non-hydrogen) atoms. The van der Waals surface area contributed by atoms with Crippen molar-refractivity contribution in [3.05, 3.63) is 11.3 Å². The summed E-state index contributed by atoms with van der Waals surface area (Å²) in [5.41, 5.74) is 0.472. The lowest BCUT2D eigenvalue weighted by Crippen LogP contribution is -2.57. The normalized spacial score (nSPS) is 22.8. The summed E-state index contributed by atoms with van der Waals surface area (Å²) in [6.07, 6.45) is 3.87. The van der Waals surface area contributed by atoms with E-state index in [1.165, 1.54) is 0 Å². The molecule has 0 saturated carbocycles. The average molecular weight is 268 g/mol. The second kappa shape index (κ2) is 6.59. The second-order valence-corrected chi connectivity index (χ2v) is 5.09. The van der Waals surface area contributed by atoms with Gasteiger partial charge in [-0.05, 0) is 27.2 Å². The van der Waals surface area contributed by atoms with Crippen molar-refractivity contribution in [3.8, 4) is 0 Å². The van der Waals surface area contributed by atoms with Gasteiger partial charge in [0.2, 0.25) is 0 Å².